The van der Waals surface area contributed by atoms with Crippen molar-refractivity contribution in [1.29, 1.82) is 0 Å². The highest BCUT2D eigenvalue weighted by atomic mass is 32.2. The number of aromatic nitrogens is 2. The normalized spacial score (nSPS) is 22.6. The van der Waals surface area contributed by atoms with Gasteiger partial charge in [-0.15, -0.1) is 0 Å². The second kappa shape index (κ2) is 5.57. The maximum Gasteiger partial charge on any atom is 0.156 e. The highest BCUT2D eigenvalue weighted by Gasteiger charge is 2.35. The summed E-state index contributed by atoms with van der Waals surface area (Å²) in [7, 11) is 0. The summed E-state index contributed by atoms with van der Waals surface area (Å²) < 4.78 is 2.09. The predicted octanol–water partition coefficient (Wildman–Crippen LogP) is 2.36. The first kappa shape index (κ1) is 13.0. The van der Waals surface area contributed by atoms with E-state index in [1.807, 2.05) is 18.7 Å². The largest absolute Gasteiger partial charge is 0.365 e. The van der Waals surface area contributed by atoms with Gasteiger partial charge in [0.05, 0.1) is 12.2 Å². The molecule has 4 nitrogen and oxygen atoms in total. The Morgan fingerprint density at radius 1 is 1.42 bits per heavy atom. The summed E-state index contributed by atoms with van der Waals surface area (Å²) in [5, 5.41) is 9.86. The van der Waals surface area contributed by atoms with Crippen LogP contribution in [0.1, 0.15) is 30.7 Å². The van der Waals surface area contributed by atoms with Gasteiger partial charge in [0.1, 0.15) is 0 Å². The summed E-state index contributed by atoms with van der Waals surface area (Å²) in [6, 6.07) is 2.13. The number of nitrogens with zero attached hydrogens (tertiary/aromatic N) is 3. The van der Waals surface area contributed by atoms with Crippen molar-refractivity contribution in [1.82, 2.24) is 15.1 Å². The highest BCUT2D eigenvalue weighted by Crippen LogP contribution is 2.41. The van der Waals surface area contributed by atoms with E-state index < -0.39 is 0 Å². The Morgan fingerprint density at radius 3 is 2.95 bits per heavy atom. The summed E-state index contributed by atoms with van der Waals surface area (Å²) in [5.74, 6) is 0.947. The quantitative estimate of drug-likeness (QED) is 0.841. The number of thioether (sulfide) groups is 1. The molecule has 0 radical (unpaired) electrons. The van der Waals surface area contributed by atoms with Gasteiger partial charge in [-0.3, -0.25) is 9.67 Å². The van der Waals surface area contributed by atoms with Crippen LogP contribution in [-0.2, 0) is 6.54 Å². The predicted molar refractivity (Wildman–Crippen MR) is 80.7 cm³/mol. The number of hydrogen-bond acceptors (Lipinski definition) is 4. The molecule has 0 aromatic carbocycles. The van der Waals surface area contributed by atoms with Crippen LogP contribution >= 0.6 is 11.8 Å². The Kier molecular flexibility index (Phi) is 3.82. The van der Waals surface area contributed by atoms with E-state index in [-0.39, 0.29) is 0 Å². The first-order chi connectivity index (χ1) is 9.22. The van der Waals surface area contributed by atoms with Crippen molar-refractivity contribution in [3.05, 3.63) is 17.5 Å². The van der Waals surface area contributed by atoms with Crippen molar-refractivity contribution in [2.45, 2.75) is 44.9 Å². The lowest BCUT2D eigenvalue weighted by Gasteiger charge is -2.08. The summed E-state index contributed by atoms with van der Waals surface area (Å²) in [5.41, 5.74) is 2.35. The molecule has 3 rings (SSSR count). The highest BCUT2D eigenvalue weighted by molar-refractivity contribution is 8.14. The molecular weight excluding hydrogens is 256 g/mol. The molecule has 0 bridgehead atoms. The SMILES string of the molecule is Cc1cc(C)n(CCCNC2=NCC(C3CC3)S2)n1. The average Bonchev–Trinajstić information content (AvgIpc) is 3.04. The summed E-state index contributed by atoms with van der Waals surface area (Å²) in [6.07, 6.45) is 3.92. The van der Waals surface area contributed by atoms with Gasteiger partial charge >= 0.3 is 0 Å². The fraction of sp³-hybridized carbons (Fsp3) is 0.714. The monoisotopic (exact) mass is 278 g/mol. The van der Waals surface area contributed by atoms with Crippen LogP contribution in [0.3, 0.4) is 0 Å². The third kappa shape index (κ3) is 3.32. The number of nitrogens with one attached hydrogen (secondary N) is 1. The molecule has 1 atom stereocenters. The fourth-order valence-electron chi connectivity index (χ4n) is 2.53. The van der Waals surface area contributed by atoms with E-state index in [2.05, 4.69) is 33.1 Å². The van der Waals surface area contributed by atoms with E-state index in [1.165, 1.54) is 18.5 Å². The topological polar surface area (TPSA) is 42.2 Å². The van der Waals surface area contributed by atoms with E-state index in [4.69, 9.17) is 0 Å². The maximum absolute atomic E-state index is 4.59. The zero-order valence-electron chi connectivity index (χ0n) is 11.7. The van der Waals surface area contributed by atoms with E-state index in [1.54, 1.807) is 0 Å². The van der Waals surface area contributed by atoms with Crippen molar-refractivity contribution in [2.24, 2.45) is 10.9 Å². The van der Waals surface area contributed by atoms with Crippen molar-refractivity contribution >= 4 is 16.9 Å². The van der Waals surface area contributed by atoms with Crippen LogP contribution in [0, 0.1) is 19.8 Å². The van der Waals surface area contributed by atoms with Crippen molar-refractivity contribution in [2.75, 3.05) is 13.1 Å². The number of aliphatic imine (C=N–C) groups is 1. The zero-order chi connectivity index (χ0) is 13.2. The van der Waals surface area contributed by atoms with Crippen molar-refractivity contribution < 1.29 is 0 Å². The van der Waals surface area contributed by atoms with Gasteiger partial charge in [0, 0.05) is 24.0 Å². The van der Waals surface area contributed by atoms with Gasteiger partial charge in [-0.2, -0.15) is 5.10 Å². The lowest BCUT2D eigenvalue weighted by atomic mass is 10.3. The minimum Gasteiger partial charge on any atom is -0.365 e. The van der Waals surface area contributed by atoms with Crippen LogP contribution in [0.5, 0.6) is 0 Å². The van der Waals surface area contributed by atoms with Crippen LogP contribution in [0.2, 0.25) is 0 Å². The fourth-order valence-corrected chi connectivity index (χ4v) is 3.76. The van der Waals surface area contributed by atoms with E-state index in [0.29, 0.717) is 0 Å². The molecule has 1 saturated carbocycles. The van der Waals surface area contributed by atoms with Gasteiger partial charge in [-0.05, 0) is 45.1 Å². The van der Waals surface area contributed by atoms with Crippen molar-refractivity contribution in [3.8, 4) is 0 Å². The summed E-state index contributed by atoms with van der Waals surface area (Å²) >= 11 is 1.95. The molecule has 1 unspecified atom stereocenters. The molecular formula is C14H22N4S. The van der Waals surface area contributed by atoms with Gasteiger partial charge in [0.15, 0.2) is 5.17 Å². The molecule has 0 spiro atoms. The van der Waals surface area contributed by atoms with Gasteiger partial charge in [-0.1, -0.05) is 11.8 Å². The third-order valence-electron chi connectivity index (χ3n) is 3.75. The Bertz CT molecular complexity index is 476. The molecule has 1 N–H and O–H groups in total. The van der Waals surface area contributed by atoms with Crippen LogP contribution in [-0.4, -0.2) is 33.3 Å². The van der Waals surface area contributed by atoms with E-state index in [9.17, 15) is 0 Å². The molecule has 0 amide bonds. The lowest BCUT2D eigenvalue weighted by molar-refractivity contribution is 0.558. The Labute approximate surface area is 119 Å². The molecule has 2 aliphatic rings. The second-order valence-corrected chi connectivity index (χ2v) is 6.80. The molecule has 1 fully saturated rings. The Morgan fingerprint density at radius 2 is 2.26 bits per heavy atom. The van der Waals surface area contributed by atoms with Gasteiger partial charge in [-0.25, -0.2) is 0 Å². The first-order valence-corrected chi connectivity index (χ1v) is 8.06. The standard InChI is InChI=1S/C14H22N4S/c1-10-8-11(2)18(17-10)7-3-6-15-14-16-9-13(19-14)12-4-5-12/h8,12-13H,3-7,9H2,1-2H3,(H,15,16). The molecule has 1 aromatic rings. The van der Waals surface area contributed by atoms with E-state index in [0.717, 1.165) is 48.1 Å². The average molecular weight is 278 g/mol. The Hall–Kier alpha value is -0.970. The zero-order valence-corrected chi connectivity index (χ0v) is 12.5. The smallest absolute Gasteiger partial charge is 0.156 e. The maximum atomic E-state index is 4.59. The van der Waals surface area contributed by atoms with E-state index >= 15 is 0 Å². The molecule has 0 saturated heterocycles. The number of rotatable bonds is 5. The second-order valence-electron chi connectivity index (χ2n) is 5.57. The summed E-state index contributed by atoms with van der Waals surface area (Å²) in [6.45, 7) is 7.15. The molecule has 104 valence electrons. The van der Waals surface area contributed by atoms with Crippen LogP contribution < -0.4 is 5.32 Å². The lowest BCUT2D eigenvalue weighted by Crippen LogP contribution is -2.22. The third-order valence-corrected chi connectivity index (χ3v) is 5.09. The van der Waals surface area contributed by atoms with Crippen LogP contribution in [0.25, 0.3) is 0 Å². The molecule has 1 aliphatic heterocycles. The van der Waals surface area contributed by atoms with Crippen LogP contribution in [0.15, 0.2) is 11.1 Å². The van der Waals surface area contributed by atoms with Gasteiger partial charge < -0.3 is 5.32 Å². The minimum absolute atomic E-state index is 0.763. The van der Waals surface area contributed by atoms with Crippen molar-refractivity contribution in [3.63, 3.8) is 0 Å². The molecule has 2 heterocycles. The number of aryl methyl sites for hydroxylation is 3. The van der Waals surface area contributed by atoms with Gasteiger partial charge in [0.2, 0.25) is 0 Å². The first-order valence-electron chi connectivity index (χ1n) is 7.18. The van der Waals surface area contributed by atoms with Crippen LogP contribution in [0.4, 0.5) is 0 Å². The van der Waals surface area contributed by atoms with Gasteiger partial charge in [0.25, 0.3) is 0 Å². The molecule has 5 heteroatoms. The summed E-state index contributed by atoms with van der Waals surface area (Å²) in [4.78, 5) is 4.59. The number of hydrogen-bond donors (Lipinski definition) is 1. The molecule has 1 aromatic heterocycles. The Balaban J connectivity index is 1.36. The number of amidine groups is 1. The molecule has 19 heavy (non-hydrogen) atoms. The molecule has 1 aliphatic carbocycles. The minimum atomic E-state index is 0.763.